The first-order valence-corrected chi connectivity index (χ1v) is 9.41. The van der Waals surface area contributed by atoms with Crippen molar-refractivity contribution in [2.75, 3.05) is 0 Å². The molecule has 0 fully saturated rings. The molecule has 0 spiro atoms. The highest BCUT2D eigenvalue weighted by atomic mass is 19.2. The van der Waals surface area contributed by atoms with Gasteiger partial charge in [0.15, 0.2) is 11.6 Å². The predicted octanol–water partition coefficient (Wildman–Crippen LogP) is 4.96. The monoisotopic (exact) mass is 417 g/mol. The fourth-order valence-electron chi connectivity index (χ4n) is 4.29. The third-order valence-electron chi connectivity index (χ3n) is 5.46. The highest BCUT2D eigenvalue weighted by Crippen LogP contribution is 2.55. The highest BCUT2D eigenvalue weighted by Gasteiger charge is 2.39. The van der Waals surface area contributed by atoms with Crippen LogP contribution in [0, 0.1) is 45.6 Å². The van der Waals surface area contributed by atoms with Crippen LogP contribution in [-0.2, 0) is 0 Å². The van der Waals surface area contributed by atoms with Gasteiger partial charge in [-0.3, -0.25) is 9.97 Å². The maximum absolute atomic E-state index is 15.0. The molecule has 0 radical (unpaired) electrons. The van der Waals surface area contributed by atoms with Gasteiger partial charge in [0.05, 0.1) is 17.5 Å². The minimum atomic E-state index is -1.15. The van der Waals surface area contributed by atoms with Crippen LogP contribution in [0.2, 0.25) is 0 Å². The Bertz CT molecular complexity index is 1510. The van der Waals surface area contributed by atoms with Gasteiger partial charge >= 0.3 is 0 Å². The number of hydrogen-bond acceptors (Lipinski definition) is 5. The number of pyridine rings is 2. The summed E-state index contributed by atoms with van der Waals surface area (Å²) < 4.78 is 29.2. The molecule has 5 rings (SSSR count). The van der Waals surface area contributed by atoms with E-state index in [-0.39, 0.29) is 27.8 Å². The van der Waals surface area contributed by atoms with Crippen LogP contribution in [0.25, 0.3) is 28.1 Å². The molecule has 1 aromatic carbocycles. The van der Waals surface area contributed by atoms with Gasteiger partial charge in [-0.05, 0) is 23.8 Å². The quantitative estimate of drug-likeness (QED) is 0.377. The van der Waals surface area contributed by atoms with E-state index < -0.39 is 11.6 Å². The third kappa shape index (κ3) is 2.45. The van der Waals surface area contributed by atoms with E-state index in [1.807, 2.05) is 18.2 Å². The van der Waals surface area contributed by atoms with Gasteiger partial charge in [0.2, 0.25) is 0 Å². The van der Waals surface area contributed by atoms with E-state index in [1.54, 1.807) is 36.7 Å². The summed E-state index contributed by atoms with van der Waals surface area (Å²) in [6.07, 6.45) is 4.33. The largest absolute Gasteiger partial charge is 0.254 e. The van der Waals surface area contributed by atoms with Crippen molar-refractivity contribution in [3.8, 4) is 29.6 Å². The topological polar surface area (TPSA) is 97.2 Å². The summed E-state index contributed by atoms with van der Waals surface area (Å²) in [7, 11) is 0. The van der Waals surface area contributed by atoms with E-state index in [9.17, 15) is 20.2 Å². The summed E-state index contributed by atoms with van der Waals surface area (Å²) >= 11 is 0. The van der Waals surface area contributed by atoms with Gasteiger partial charge in [-0.2, -0.15) is 15.8 Å². The number of halogens is 2. The number of benzene rings is 1. The van der Waals surface area contributed by atoms with Crippen LogP contribution in [0.5, 0.6) is 0 Å². The van der Waals surface area contributed by atoms with Crippen molar-refractivity contribution in [2.45, 2.75) is 0 Å². The fraction of sp³-hybridized carbons (Fsp3) is 0. The van der Waals surface area contributed by atoms with Crippen molar-refractivity contribution in [1.82, 2.24) is 9.97 Å². The number of rotatable bonds is 0. The lowest BCUT2D eigenvalue weighted by Crippen LogP contribution is -1.94. The van der Waals surface area contributed by atoms with Gasteiger partial charge in [-0.15, -0.1) is 0 Å². The smallest absolute Gasteiger partial charge is 0.167 e. The third-order valence-corrected chi connectivity index (χ3v) is 5.46. The van der Waals surface area contributed by atoms with Crippen LogP contribution in [-0.4, -0.2) is 9.97 Å². The van der Waals surface area contributed by atoms with Crippen molar-refractivity contribution >= 4 is 16.7 Å². The number of aromatic nitrogens is 2. The van der Waals surface area contributed by atoms with Crippen LogP contribution < -0.4 is 0 Å². The fourth-order valence-corrected chi connectivity index (χ4v) is 4.29. The molecule has 2 aromatic heterocycles. The number of nitriles is 3. The van der Waals surface area contributed by atoms with Crippen molar-refractivity contribution in [3.63, 3.8) is 0 Å². The second-order valence-electron chi connectivity index (χ2n) is 6.99. The molecule has 0 saturated carbocycles. The molecule has 2 heterocycles. The summed E-state index contributed by atoms with van der Waals surface area (Å²) in [5.74, 6) is -2.24. The molecule has 7 heteroatoms. The van der Waals surface area contributed by atoms with Crippen LogP contribution in [0.4, 0.5) is 8.78 Å². The molecule has 0 unspecified atom stereocenters. The van der Waals surface area contributed by atoms with E-state index in [4.69, 9.17) is 0 Å². The zero-order chi connectivity index (χ0) is 22.4. The number of nitrogens with zero attached hydrogens (tertiary/aromatic N) is 5. The molecule has 2 aliphatic carbocycles. The van der Waals surface area contributed by atoms with Crippen molar-refractivity contribution in [2.24, 2.45) is 0 Å². The van der Waals surface area contributed by atoms with Gasteiger partial charge in [0, 0.05) is 57.5 Å². The standard InChI is InChI=1S/C25H9F2N5/c26-18-6-5-14-19(13(11-29)12-30)22(15(7-8-28)21(14)23(18)27)20-16-3-1-9-31-24(16)25-17(20)4-2-10-32-25/h1-7,9-10H/b15-7+. The number of hydrogen-bond donors (Lipinski definition) is 0. The molecule has 148 valence electrons. The van der Waals surface area contributed by atoms with Gasteiger partial charge in [0.1, 0.15) is 17.7 Å². The Morgan fingerprint density at radius 3 is 2.00 bits per heavy atom. The molecular weight excluding hydrogens is 408 g/mol. The Morgan fingerprint density at radius 2 is 1.44 bits per heavy atom. The van der Waals surface area contributed by atoms with Gasteiger partial charge in [-0.1, -0.05) is 18.2 Å². The summed E-state index contributed by atoms with van der Waals surface area (Å²) in [6.45, 7) is 0. The Morgan fingerprint density at radius 1 is 0.812 bits per heavy atom. The summed E-state index contributed by atoms with van der Waals surface area (Å²) in [5.41, 5.74) is 3.30. The van der Waals surface area contributed by atoms with Gasteiger partial charge in [0.25, 0.3) is 0 Å². The SMILES string of the molecule is N#C/C=C1/C(=C2c3cccnc3-c3ncccc32)C(=C(C#N)C#N)c2ccc(F)c(F)c21. The zero-order valence-corrected chi connectivity index (χ0v) is 16.2. The van der Waals surface area contributed by atoms with E-state index in [0.29, 0.717) is 33.7 Å². The Kier molecular flexibility index (Phi) is 4.22. The lowest BCUT2D eigenvalue weighted by atomic mass is 9.89. The lowest BCUT2D eigenvalue weighted by molar-refractivity contribution is 0.506. The predicted molar refractivity (Wildman–Crippen MR) is 112 cm³/mol. The molecule has 0 amide bonds. The average Bonchev–Trinajstić information content (AvgIpc) is 3.31. The molecule has 3 aromatic rings. The second kappa shape index (κ2) is 7.09. The van der Waals surface area contributed by atoms with Crippen LogP contribution in [0.1, 0.15) is 22.3 Å². The van der Waals surface area contributed by atoms with Crippen LogP contribution >= 0.6 is 0 Å². The lowest BCUT2D eigenvalue weighted by Gasteiger charge is -2.11. The van der Waals surface area contributed by atoms with E-state index in [0.717, 1.165) is 12.1 Å². The van der Waals surface area contributed by atoms with E-state index >= 15 is 4.39 Å². The molecule has 2 aliphatic rings. The highest BCUT2D eigenvalue weighted by molar-refractivity contribution is 6.19. The van der Waals surface area contributed by atoms with Gasteiger partial charge in [-0.25, -0.2) is 8.78 Å². The zero-order valence-electron chi connectivity index (χ0n) is 16.2. The van der Waals surface area contributed by atoms with Gasteiger partial charge < -0.3 is 0 Å². The molecule has 0 aliphatic heterocycles. The van der Waals surface area contributed by atoms with Crippen LogP contribution in [0.3, 0.4) is 0 Å². The molecule has 0 saturated heterocycles. The van der Waals surface area contributed by atoms with Crippen molar-refractivity contribution < 1.29 is 8.78 Å². The average molecular weight is 417 g/mol. The molecule has 0 bridgehead atoms. The Hall–Kier alpha value is -4.93. The van der Waals surface area contributed by atoms with Crippen molar-refractivity contribution in [1.29, 1.82) is 15.8 Å². The van der Waals surface area contributed by atoms with Crippen molar-refractivity contribution in [3.05, 3.63) is 99.9 Å². The summed E-state index contributed by atoms with van der Waals surface area (Å²) in [5, 5.41) is 28.8. The maximum Gasteiger partial charge on any atom is 0.167 e. The number of fused-ring (bicyclic) bond motifs is 4. The molecule has 5 nitrogen and oxygen atoms in total. The Labute approximate surface area is 181 Å². The molecule has 0 atom stereocenters. The summed E-state index contributed by atoms with van der Waals surface area (Å²) in [6, 6.07) is 14.9. The summed E-state index contributed by atoms with van der Waals surface area (Å²) in [4.78, 5) is 8.85. The number of allylic oxidation sites excluding steroid dienone is 5. The van der Waals surface area contributed by atoms with Crippen LogP contribution in [0.15, 0.2) is 66.0 Å². The molecule has 32 heavy (non-hydrogen) atoms. The molecule has 0 N–H and O–H groups in total. The minimum Gasteiger partial charge on any atom is -0.254 e. The first-order valence-electron chi connectivity index (χ1n) is 9.41. The Balaban J connectivity index is 2.04. The normalized spacial score (nSPS) is 14.3. The first-order chi connectivity index (χ1) is 15.6. The second-order valence-corrected chi connectivity index (χ2v) is 6.99. The van der Waals surface area contributed by atoms with E-state index in [2.05, 4.69) is 9.97 Å². The molecular formula is C25H9F2N5. The minimum absolute atomic E-state index is 0.0963. The maximum atomic E-state index is 15.0. The van der Waals surface area contributed by atoms with E-state index in [1.165, 1.54) is 6.07 Å². The first kappa shape index (κ1) is 19.1.